The lowest BCUT2D eigenvalue weighted by atomic mass is 9.87. The molecule has 0 aromatic heterocycles. The zero-order valence-corrected chi connectivity index (χ0v) is 21.0. The first-order valence-electron chi connectivity index (χ1n) is 14.1. The zero-order valence-electron chi connectivity index (χ0n) is 21.0. The molecule has 3 aromatic carbocycles. The summed E-state index contributed by atoms with van der Waals surface area (Å²) in [4.78, 5) is 5.96. The van der Waals surface area contributed by atoms with Gasteiger partial charge in [0.2, 0.25) is 0 Å². The number of nitrogens with zero attached hydrogens (tertiary/aromatic N) is 2. The van der Waals surface area contributed by atoms with Crippen molar-refractivity contribution in [3.63, 3.8) is 0 Å². The van der Waals surface area contributed by atoms with Crippen LogP contribution in [-0.4, -0.2) is 21.9 Å². The standard InChI is InChI=1S/C33H40N2/c1-6-16-26(17-7-1)31-32(27-18-8-2-9-19-27)35(30-24-14-5-15-25-30)33(28-20-10-3-11-21-28)34(31)29-22-12-4-13-23-29/h1-3,6-11,16-21,29-33H,4-5,12-15,22-25H2. The van der Waals surface area contributed by atoms with E-state index in [1.807, 2.05) is 0 Å². The summed E-state index contributed by atoms with van der Waals surface area (Å²) in [5.74, 6) is 0. The maximum absolute atomic E-state index is 2.98. The highest BCUT2D eigenvalue weighted by Gasteiger charge is 2.53. The molecule has 2 saturated carbocycles. The Morgan fingerprint density at radius 2 is 0.743 bits per heavy atom. The molecule has 0 radical (unpaired) electrons. The van der Waals surface area contributed by atoms with Crippen LogP contribution in [0.3, 0.4) is 0 Å². The lowest BCUT2D eigenvalue weighted by molar-refractivity contribution is 0.0255. The third-order valence-corrected chi connectivity index (χ3v) is 8.88. The Labute approximate surface area is 212 Å². The van der Waals surface area contributed by atoms with Gasteiger partial charge in [0.1, 0.15) is 0 Å². The van der Waals surface area contributed by atoms with Crippen molar-refractivity contribution in [2.75, 3.05) is 0 Å². The smallest absolute Gasteiger partial charge is 0.0902 e. The Morgan fingerprint density at radius 3 is 1.11 bits per heavy atom. The largest absolute Gasteiger partial charge is 0.272 e. The van der Waals surface area contributed by atoms with Crippen molar-refractivity contribution in [3.05, 3.63) is 108 Å². The van der Waals surface area contributed by atoms with E-state index < -0.39 is 0 Å². The molecular formula is C33H40N2. The van der Waals surface area contributed by atoms with Gasteiger partial charge in [0.25, 0.3) is 0 Å². The van der Waals surface area contributed by atoms with Crippen LogP contribution in [0, 0.1) is 0 Å². The highest BCUT2D eigenvalue weighted by atomic mass is 15.5. The van der Waals surface area contributed by atoms with Gasteiger partial charge in [-0.2, -0.15) is 0 Å². The molecule has 3 fully saturated rings. The average molecular weight is 465 g/mol. The van der Waals surface area contributed by atoms with Gasteiger partial charge in [-0.05, 0) is 42.4 Å². The highest BCUT2D eigenvalue weighted by Crippen LogP contribution is 2.56. The molecule has 1 aliphatic heterocycles. The second kappa shape index (κ2) is 10.7. The minimum atomic E-state index is 0.331. The molecule has 2 heteroatoms. The molecule has 3 aromatic rings. The molecule has 35 heavy (non-hydrogen) atoms. The molecule has 2 unspecified atom stereocenters. The monoisotopic (exact) mass is 464 g/mol. The first-order valence-corrected chi connectivity index (χ1v) is 14.1. The Hall–Kier alpha value is -2.42. The maximum Gasteiger partial charge on any atom is 0.0902 e. The van der Waals surface area contributed by atoms with Gasteiger partial charge in [-0.15, -0.1) is 0 Å². The van der Waals surface area contributed by atoms with Crippen LogP contribution in [0.2, 0.25) is 0 Å². The van der Waals surface area contributed by atoms with E-state index in [0.717, 1.165) is 0 Å². The highest BCUT2D eigenvalue weighted by molar-refractivity contribution is 5.34. The molecule has 1 saturated heterocycles. The number of benzene rings is 3. The summed E-state index contributed by atoms with van der Waals surface area (Å²) in [6.07, 6.45) is 13.9. The number of hydrogen-bond donors (Lipinski definition) is 0. The van der Waals surface area contributed by atoms with Gasteiger partial charge in [-0.1, -0.05) is 130 Å². The van der Waals surface area contributed by atoms with Gasteiger partial charge in [0.05, 0.1) is 18.2 Å². The predicted octanol–water partition coefficient (Wildman–Crippen LogP) is 8.45. The Morgan fingerprint density at radius 1 is 0.400 bits per heavy atom. The summed E-state index contributed by atoms with van der Waals surface area (Å²) in [5.41, 5.74) is 4.43. The molecule has 0 N–H and O–H groups in total. The molecule has 2 nitrogen and oxygen atoms in total. The van der Waals surface area contributed by atoms with E-state index in [1.54, 1.807) is 0 Å². The van der Waals surface area contributed by atoms with Gasteiger partial charge in [-0.25, -0.2) is 0 Å². The van der Waals surface area contributed by atoms with Crippen LogP contribution in [0.1, 0.15) is 99.1 Å². The van der Waals surface area contributed by atoms with Crippen molar-refractivity contribution < 1.29 is 0 Å². The second-order valence-corrected chi connectivity index (χ2v) is 11.0. The normalized spacial score (nSPS) is 27.3. The Bertz CT molecular complexity index is 971. The van der Waals surface area contributed by atoms with Crippen LogP contribution in [0.5, 0.6) is 0 Å². The SMILES string of the molecule is c1ccc(C2C(c3ccccc3)N(C3CCCCC3)C(c3ccccc3)N2C2CCCCC2)cc1. The van der Waals surface area contributed by atoms with Crippen molar-refractivity contribution in [2.24, 2.45) is 0 Å². The van der Waals surface area contributed by atoms with E-state index in [2.05, 4.69) is 101 Å². The van der Waals surface area contributed by atoms with E-state index in [4.69, 9.17) is 0 Å². The summed E-state index contributed by atoms with van der Waals surface area (Å²) >= 11 is 0. The Kier molecular flexibility index (Phi) is 7.02. The summed E-state index contributed by atoms with van der Waals surface area (Å²) in [6, 6.07) is 36.4. The van der Waals surface area contributed by atoms with Crippen molar-refractivity contribution in [1.29, 1.82) is 0 Å². The molecule has 2 aliphatic carbocycles. The molecule has 2 atom stereocenters. The fourth-order valence-electron chi connectivity index (χ4n) is 7.38. The van der Waals surface area contributed by atoms with Gasteiger partial charge in [0, 0.05) is 12.1 Å². The van der Waals surface area contributed by atoms with E-state index in [-0.39, 0.29) is 0 Å². The van der Waals surface area contributed by atoms with Crippen molar-refractivity contribution in [3.8, 4) is 0 Å². The van der Waals surface area contributed by atoms with Crippen LogP contribution in [0.25, 0.3) is 0 Å². The van der Waals surface area contributed by atoms with Gasteiger partial charge in [0.15, 0.2) is 0 Å². The molecule has 6 rings (SSSR count). The molecule has 1 heterocycles. The molecule has 0 bridgehead atoms. The summed E-state index contributed by atoms with van der Waals surface area (Å²) in [7, 11) is 0. The third kappa shape index (κ3) is 4.59. The van der Waals surface area contributed by atoms with E-state index >= 15 is 0 Å². The lowest BCUT2D eigenvalue weighted by Crippen LogP contribution is -2.43. The quantitative estimate of drug-likeness (QED) is 0.374. The second-order valence-electron chi connectivity index (χ2n) is 11.0. The van der Waals surface area contributed by atoms with E-state index in [1.165, 1.54) is 80.9 Å². The fourth-order valence-corrected chi connectivity index (χ4v) is 7.38. The van der Waals surface area contributed by atoms with E-state index in [9.17, 15) is 0 Å². The average Bonchev–Trinajstić information content (AvgIpc) is 3.32. The summed E-state index contributed by atoms with van der Waals surface area (Å²) in [6.45, 7) is 0. The minimum Gasteiger partial charge on any atom is -0.272 e. The van der Waals surface area contributed by atoms with Crippen molar-refractivity contribution >= 4 is 0 Å². The van der Waals surface area contributed by atoms with Gasteiger partial charge >= 0.3 is 0 Å². The van der Waals surface area contributed by atoms with Gasteiger partial charge in [-0.3, -0.25) is 9.80 Å². The number of rotatable bonds is 5. The minimum absolute atomic E-state index is 0.331. The molecule has 182 valence electrons. The van der Waals surface area contributed by atoms with Crippen molar-refractivity contribution in [2.45, 2.75) is 94.5 Å². The molecular weight excluding hydrogens is 424 g/mol. The first kappa shape index (κ1) is 23.0. The van der Waals surface area contributed by atoms with E-state index in [0.29, 0.717) is 30.3 Å². The zero-order chi connectivity index (χ0) is 23.5. The molecule has 0 spiro atoms. The summed E-state index contributed by atoms with van der Waals surface area (Å²) in [5, 5.41) is 0. The third-order valence-electron chi connectivity index (χ3n) is 8.88. The number of hydrogen-bond acceptors (Lipinski definition) is 2. The van der Waals surface area contributed by atoms with Crippen LogP contribution >= 0.6 is 0 Å². The fraction of sp³-hybridized carbons (Fsp3) is 0.455. The van der Waals surface area contributed by atoms with Crippen LogP contribution < -0.4 is 0 Å². The van der Waals surface area contributed by atoms with Crippen molar-refractivity contribution in [1.82, 2.24) is 9.80 Å². The first-order chi connectivity index (χ1) is 17.4. The lowest BCUT2D eigenvalue weighted by Gasteiger charge is -2.42. The Balaban J connectivity index is 1.56. The van der Waals surface area contributed by atoms with Gasteiger partial charge < -0.3 is 0 Å². The maximum atomic E-state index is 2.98. The molecule has 0 amide bonds. The summed E-state index contributed by atoms with van der Waals surface area (Å²) < 4.78 is 0. The van der Waals surface area contributed by atoms with Crippen LogP contribution in [0.15, 0.2) is 91.0 Å². The van der Waals surface area contributed by atoms with Crippen LogP contribution in [-0.2, 0) is 0 Å². The topological polar surface area (TPSA) is 6.48 Å². The van der Waals surface area contributed by atoms with Crippen LogP contribution in [0.4, 0.5) is 0 Å². The molecule has 3 aliphatic rings. The predicted molar refractivity (Wildman–Crippen MR) is 145 cm³/mol.